The number of amides is 2. The highest BCUT2D eigenvalue weighted by atomic mass is 16.5. The highest BCUT2D eigenvalue weighted by molar-refractivity contribution is 5.92. The second-order valence-corrected chi connectivity index (χ2v) is 5.47. The van der Waals surface area contributed by atoms with Gasteiger partial charge in [0.25, 0.3) is 5.56 Å². The first-order chi connectivity index (χ1) is 12.5. The number of nitriles is 1. The van der Waals surface area contributed by atoms with Gasteiger partial charge in [-0.2, -0.15) is 5.26 Å². The predicted molar refractivity (Wildman–Crippen MR) is 90.4 cm³/mol. The Labute approximate surface area is 147 Å². The average molecular weight is 357 g/mol. The molecule has 26 heavy (non-hydrogen) atoms. The normalized spacial score (nSPS) is 15.3. The van der Waals surface area contributed by atoms with E-state index in [1.807, 2.05) is 6.07 Å². The van der Waals surface area contributed by atoms with Gasteiger partial charge in [0, 0.05) is 7.05 Å². The molecule has 10 nitrogen and oxygen atoms in total. The molecule has 0 saturated heterocycles. The van der Waals surface area contributed by atoms with Crippen molar-refractivity contribution in [2.45, 2.75) is 6.04 Å². The van der Waals surface area contributed by atoms with Crippen molar-refractivity contribution in [1.82, 2.24) is 14.9 Å². The van der Waals surface area contributed by atoms with Crippen molar-refractivity contribution in [3.63, 3.8) is 0 Å². The molecule has 3 rings (SSSR count). The van der Waals surface area contributed by atoms with Gasteiger partial charge in [0.1, 0.15) is 11.9 Å². The number of carbonyl (C=O) groups excluding carboxylic acids is 1. The minimum absolute atomic E-state index is 0.122. The standard InChI is InChI=1S/C16H15N5O5/c1-21-13-11(14(22)20-16(21)24)12(18-15(23)19-13)8-3-4-9(26-6-5-17)10(7-8)25-2/h3-4,7,12H,6H2,1-2H3,(H2,18,19,23)(H,20,22,24). The number of hydrogen-bond donors (Lipinski definition) is 3. The van der Waals surface area contributed by atoms with E-state index in [2.05, 4.69) is 15.6 Å². The largest absolute Gasteiger partial charge is 0.493 e. The summed E-state index contributed by atoms with van der Waals surface area (Å²) in [6.07, 6.45) is 0. The minimum Gasteiger partial charge on any atom is -0.493 e. The molecule has 1 unspecified atom stereocenters. The van der Waals surface area contributed by atoms with E-state index in [4.69, 9.17) is 14.7 Å². The molecular weight excluding hydrogens is 342 g/mol. The fourth-order valence-corrected chi connectivity index (χ4v) is 2.75. The molecule has 10 heteroatoms. The summed E-state index contributed by atoms with van der Waals surface area (Å²) in [6.45, 7) is -0.148. The maximum absolute atomic E-state index is 12.3. The molecule has 0 saturated carbocycles. The van der Waals surface area contributed by atoms with Crippen LogP contribution in [0.3, 0.4) is 0 Å². The van der Waals surface area contributed by atoms with Gasteiger partial charge in [0.2, 0.25) is 0 Å². The average Bonchev–Trinajstić information content (AvgIpc) is 2.63. The van der Waals surface area contributed by atoms with Crippen LogP contribution < -0.4 is 31.4 Å². The lowest BCUT2D eigenvalue weighted by molar-refractivity contribution is 0.248. The molecule has 3 N–H and O–H groups in total. The van der Waals surface area contributed by atoms with Crippen LogP contribution in [0.25, 0.3) is 0 Å². The maximum Gasteiger partial charge on any atom is 0.329 e. The van der Waals surface area contributed by atoms with E-state index in [9.17, 15) is 14.4 Å². The van der Waals surface area contributed by atoms with Crippen molar-refractivity contribution in [2.24, 2.45) is 7.05 Å². The third-order valence-corrected chi connectivity index (χ3v) is 3.97. The molecule has 2 aromatic rings. The molecule has 1 aromatic carbocycles. The Bertz CT molecular complexity index is 1030. The first kappa shape index (κ1) is 17.1. The summed E-state index contributed by atoms with van der Waals surface area (Å²) in [5.74, 6) is 0.817. The number of rotatable bonds is 4. The zero-order valence-electron chi connectivity index (χ0n) is 14.0. The maximum atomic E-state index is 12.3. The Morgan fingerprint density at radius 3 is 2.73 bits per heavy atom. The summed E-state index contributed by atoms with van der Waals surface area (Å²) in [6, 6.07) is 5.33. The van der Waals surface area contributed by atoms with Gasteiger partial charge < -0.3 is 14.8 Å². The number of ether oxygens (including phenoxy) is 2. The first-order valence-corrected chi connectivity index (χ1v) is 7.54. The molecule has 0 bridgehead atoms. The molecular formula is C16H15N5O5. The van der Waals surface area contributed by atoms with Crippen LogP contribution in [-0.4, -0.2) is 29.3 Å². The quantitative estimate of drug-likeness (QED) is 0.715. The van der Waals surface area contributed by atoms with Crippen LogP contribution in [0, 0.1) is 11.3 Å². The zero-order chi connectivity index (χ0) is 18.8. The molecule has 1 aromatic heterocycles. The van der Waals surface area contributed by atoms with E-state index in [0.29, 0.717) is 17.1 Å². The highest BCUT2D eigenvalue weighted by Gasteiger charge is 2.31. The van der Waals surface area contributed by atoms with Gasteiger partial charge in [-0.15, -0.1) is 0 Å². The molecule has 2 heterocycles. The molecule has 134 valence electrons. The summed E-state index contributed by atoms with van der Waals surface area (Å²) in [5, 5.41) is 13.8. The Balaban J connectivity index is 2.13. The van der Waals surface area contributed by atoms with Gasteiger partial charge in [-0.25, -0.2) is 9.59 Å². The topological polar surface area (TPSA) is 138 Å². The number of benzene rings is 1. The number of H-pyrrole nitrogens is 1. The van der Waals surface area contributed by atoms with Crippen molar-refractivity contribution < 1.29 is 14.3 Å². The summed E-state index contributed by atoms with van der Waals surface area (Å²) in [4.78, 5) is 38.3. The fraction of sp³-hybridized carbons (Fsp3) is 0.250. The van der Waals surface area contributed by atoms with Crippen LogP contribution in [0.2, 0.25) is 0 Å². The van der Waals surface area contributed by atoms with Gasteiger partial charge in [-0.1, -0.05) is 6.07 Å². The number of carbonyl (C=O) groups is 1. The van der Waals surface area contributed by atoms with Crippen molar-refractivity contribution in [3.05, 3.63) is 50.2 Å². The molecule has 0 fully saturated rings. The lowest BCUT2D eigenvalue weighted by Gasteiger charge is -2.28. The molecule has 0 radical (unpaired) electrons. The van der Waals surface area contributed by atoms with Crippen LogP contribution in [0.1, 0.15) is 17.2 Å². The number of aromatic nitrogens is 2. The van der Waals surface area contributed by atoms with E-state index in [1.165, 1.54) is 14.2 Å². The van der Waals surface area contributed by atoms with Gasteiger partial charge >= 0.3 is 11.7 Å². The lowest BCUT2D eigenvalue weighted by Crippen LogP contribution is -2.46. The van der Waals surface area contributed by atoms with Crippen LogP contribution in [0.4, 0.5) is 10.6 Å². The molecule has 0 aliphatic carbocycles. The number of anilines is 1. The third-order valence-electron chi connectivity index (χ3n) is 3.97. The smallest absolute Gasteiger partial charge is 0.329 e. The number of aromatic amines is 1. The number of nitrogens with one attached hydrogen (secondary N) is 3. The Morgan fingerprint density at radius 2 is 2.04 bits per heavy atom. The lowest BCUT2D eigenvalue weighted by atomic mass is 9.98. The van der Waals surface area contributed by atoms with Crippen LogP contribution >= 0.6 is 0 Å². The third kappa shape index (κ3) is 2.86. The molecule has 0 spiro atoms. The van der Waals surface area contributed by atoms with Gasteiger partial charge in [-0.05, 0) is 17.7 Å². The van der Waals surface area contributed by atoms with Crippen molar-refractivity contribution in [2.75, 3.05) is 19.0 Å². The Hall–Kier alpha value is -3.74. The Kier molecular flexibility index (Phi) is 4.36. The van der Waals surface area contributed by atoms with Crippen molar-refractivity contribution in [3.8, 4) is 17.6 Å². The van der Waals surface area contributed by atoms with E-state index in [-0.39, 0.29) is 18.0 Å². The van der Waals surface area contributed by atoms with Gasteiger partial charge in [-0.3, -0.25) is 19.7 Å². The van der Waals surface area contributed by atoms with Crippen molar-refractivity contribution in [1.29, 1.82) is 5.26 Å². The monoisotopic (exact) mass is 357 g/mol. The summed E-state index contributed by atoms with van der Waals surface area (Å²) in [7, 11) is 2.88. The highest BCUT2D eigenvalue weighted by Crippen LogP contribution is 2.34. The number of methoxy groups -OCH3 is 1. The first-order valence-electron chi connectivity index (χ1n) is 7.54. The minimum atomic E-state index is -0.798. The number of fused-ring (bicyclic) bond motifs is 1. The molecule has 1 aliphatic heterocycles. The molecule has 1 aliphatic rings. The SMILES string of the molecule is COc1cc(C2NC(=O)Nc3c2c(=O)[nH]c(=O)n3C)ccc1OCC#N. The van der Waals surface area contributed by atoms with E-state index in [0.717, 1.165) is 4.57 Å². The predicted octanol–water partition coefficient (Wildman–Crippen LogP) is 0.209. The van der Waals surface area contributed by atoms with E-state index < -0.39 is 23.3 Å². The van der Waals surface area contributed by atoms with Crippen molar-refractivity contribution >= 4 is 11.8 Å². The molecule has 1 atom stereocenters. The van der Waals surface area contributed by atoms with E-state index >= 15 is 0 Å². The number of nitrogens with zero attached hydrogens (tertiary/aromatic N) is 2. The number of hydrogen-bond acceptors (Lipinski definition) is 6. The van der Waals surface area contributed by atoms with Crippen LogP contribution in [0.5, 0.6) is 11.5 Å². The number of urea groups is 1. The summed E-state index contributed by atoms with van der Waals surface area (Å²) < 4.78 is 11.7. The Morgan fingerprint density at radius 1 is 1.27 bits per heavy atom. The van der Waals surface area contributed by atoms with Crippen LogP contribution in [-0.2, 0) is 7.05 Å². The van der Waals surface area contributed by atoms with E-state index in [1.54, 1.807) is 18.2 Å². The zero-order valence-corrected chi connectivity index (χ0v) is 14.0. The van der Waals surface area contributed by atoms with Crippen LogP contribution in [0.15, 0.2) is 27.8 Å². The summed E-state index contributed by atoms with van der Waals surface area (Å²) in [5.41, 5.74) is -0.497. The fourth-order valence-electron chi connectivity index (χ4n) is 2.75. The summed E-state index contributed by atoms with van der Waals surface area (Å²) >= 11 is 0. The molecule has 2 amide bonds. The van der Waals surface area contributed by atoms with Gasteiger partial charge in [0.05, 0.1) is 18.7 Å². The van der Waals surface area contributed by atoms with Gasteiger partial charge in [0.15, 0.2) is 18.1 Å². The second-order valence-electron chi connectivity index (χ2n) is 5.47. The second kappa shape index (κ2) is 6.64.